The Hall–Kier alpha value is -0.960. The maximum absolute atomic E-state index is 13.0. The number of halogens is 2. The molecule has 1 aliphatic rings. The van der Waals surface area contributed by atoms with Crippen LogP contribution >= 0.6 is 0 Å². The molecule has 3 heteroatoms. The van der Waals surface area contributed by atoms with Crippen LogP contribution in [0.1, 0.15) is 44.6 Å². The SMILES string of the molecule is CC(NCc1cc(F)cc(F)c1)C1CCCCC1. The number of hydrogen-bond acceptors (Lipinski definition) is 1. The fraction of sp³-hybridized carbons (Fsp3) is 0.600. The third kappa shape index (κ3) is 3.77. The summed E-state index contributed by atoms with van der Waals surface area (Å²) in [7, 11) is 0. The molecule has 0 bridgehead atoms. The lowest BCUT2D eigenvalue weighted by molar-refractivity contribution is 0.280. The summed E-state index contributed by atoms with van der Waals surface area (Å²) in [6.45, 7) is 2.71. The van der Waals surface area contributed by atoms with Crippen molar-refractivity contribution < 1.29 is 8.78 Å². The molecule has 0 amide bonds. The summed E-state index contributed by atoms with van der Waals surface area (Å²) in [5.41, 5.74) is 0.676. The molecule has 1 fully saturated rings. The zero-order valence-corrected chi connectivity index (χ0v) is 10.9. The van der Waals surface area contributed by atoms with Crippen LogP contribution in [0.2, 0.25) is 0 Å². The van der Waals surface area contributed by atoms with Crippen LogP contribution in [0.3, 0.4) is 0 Å². The van der Waals surface area contributed by atoms with Crippen molar-refractivity contribution in [3.63, 3.8) is 0 Å². The summed E-state index contributed by atoms with van der Waals surface area (Å²) >= 11 is 0. The Morgan fingerprint density at radius 2 is 1.72 bits per heavy atom. The Balaban J connectivity index is 1.86. The summed E-state index contributed by atoms with van der Waals surface area (Å²) in [5.74, 6) is -0.300. The highest BCUT2D eigenvalue weighted by Gasteiger charge is 2.19. The molecule has 1 atom stereocenters. The maximum Gasteiger partial charge on any atom is 0.126 e. The zero-order valence-electron chi connectivity index (χ0n) is 10.9. The molecule has 0 aliphatic heterocycles. The van der Waals surface area contributed by atoms with Crippen molar-refractivity contribution in [2.24, 2.45) is 5.92 Å². The Bertz CT molecular complexity index is 366. The van der Waals surface area contributed by atoms with Crippen molar-refractivity contribution >= 4 is 0 Å². The van der Waals surface area contributed by atoms with Gasteiger partial charge in [-0.1, -0.05) is 19.3 Å². The van der Waals surface area contributed by atoms with Crippen LogP contribution < -0.4 is 5.32 Å². The van der Waals surface area contributed by atoms with Gasteiger partial charge >= 0.3 is 0 Å². The molecule has 1 aromatic carbocycles. The summed E-state index contributed by atoms with van der Waals surface area (Å²) in [6, 6.07) is 4.11. The summed E-state index contributed by atoms with van der Waals surface area (Å²) < 4.78 is 26.1. The van der Waals surface area contributed by atoms with Gasteiger partial charge in [-0.05, 0) is 43.4 Å². The van der Waals surface area contributed by atoms with Gasteiger partial charge in [-0.25, -0.2) is 8.78 Å². The van der Waals surface area contributed by atoms with Crippen molar-refractivity contribution in [2.45, 2.75) is 51.6 Å². The Kier molecular flexibility index (Phi) is 4.70. The van der Waals surface area contributed by atoms with Crippen molar-refractivity contribution in [3.05, 3.63) is 35.4 Å². The minimum Gasteiger partial charge on any atom is -0.310 e. The van der Waals surface area contributed by atoms with Crippen molar-refractivity contribution in [1.82, 2.24) is 5.32 Å². The molecule has 1 saturated carbocycles. The van der Waals surface area contributed by atoms with E-state index >= 15 is 0 Å². The predicted octanol–water partition coefficient (Wildman–Crippen LogP) is 4.02. The van der Waals surface area contributed by atoms with E-state index < -0.39 is 11.6 Å². The number of rotatable bonds is 4. The average Bonchev–Trinajstić information content (AvgIpc) is 2.36. The van der Waals surface area contributed by atoms with Gasteiger partial charge in [-0.3, -0.25) is 0 Å². The van der Waals surface area contributed by atoms with Crippen molar-refractivity contribution in [3.8, 4) is 0 Å². The molecular formula is C15H21F2N. The lowest BCUT2D eigenvalue weighted by atomic mass is 9.84. The Morgan fingerprint density at radius 3 is 2.33 bits per heavy atom. The van der Waals surface area contributed by atoms with Crippen LogP contribution in [0, 0.1) is 17.6 Å². The highest BCUT2D eigenvalue weighted by atomic mass is 19.1. The average molecular weight is 253 g/mol. The molecule has 0 saturated heterocycles. The molecule has 1 aromatic rings. The van der Waals surface area contributed by atoms with Crippen LogP contribution in [0.15, 0.2) is 18.2 Å². The number of nitrogens with one attached hydrogen (secondary N) is 1. The van der Waals surface area contributed by atoms with E-state index in [9.17, 15) is 8.78 Å². The zero-order chi connectivity index (χ0) is 13.0. The highest BCUT2D eigenvalue weighted by molar-refractivity contribution is 5.17. The minimum atomic E-state index is -0.503. The fourth-order valence-electron chi connectivity index (χ4n) is 2.79. The standard InChI is InChI=1S/C15H21F2N/c1-11(13-5-3-2-4-6-13)18-10-12-7-14(16)9-15(17)8-12/h7-9,11,13,18H,2-6,10H2,1H3. The molecule has 1 unspecified atom stereocenters. The van der Waals surface area contributed by atoms with Crippen LogP contribution in [0.5, 0.6) is 0 Å². The summed E-state index contributed by atoms with van der Waals surface area (Å²) in [6.07, 6.45) is 6.51. The van der Waals surface area contributed by atoms with Crippen molar-refractivity contribution in [2.75, 3.05) is 0 Å². The highest BCUT2D eigenvalue weighted by Crippen LogP contribution is 2.26. The molecule has 0 heterocycles. The molecule has 1 aliphatic carbocycles. The van der Waals surface area contributed by atoms with Crippen LogP contribution in [0.4, 0.5) is 8.78 Å². The first kappa shape index (κ1) is 13.5. The van der Waals surface area contributed by atoms with Gasteiger partial charge < -0.3 is 5.32 Å². The van der Waals surface area contributed by atoms with Gasteiger partial charge in [-0.15, -0.1) is 0 Å². The van der Waals surface area contributed by atoms with Gasteiger partial charge in [0, 0.05) is 18.7 Å². The summed E-state index contributed by atoms with van der Waals surface area (Å²) in [4.78, 5) is 0. The molecule has 2 rings (SSSR count). The normalized spacial score (nSPS) is 18.8. The molecule has 0 radical (unpaired) electrons. The van der Waals surface area contributed by atoms with Gasteiger partial charge in [-0.2, -0.15) is 0 Å². The van der Waals surface area contributed by atoms with Gasteiger partial charge in [0.25, 0.3) is 0 Å². The first-order valence-corrected chi connectivity index (χ1v) is 6.83. The first-order chi connectivity index (χ1) is 8.65. The molecule has 0 spiro atoms. The Morgan fingerprint density at radius 1 is 1.11 bits per heavy atom. The van der Waals surface area contributed by atoms with E-state index in [1.807, 2.05) is 0 Å². The van der Waals surface area contributed by atoms with E-state index in [4.69, 9.17) is 0 Å². The number of benzene rings is 1. The van der Waals surface area contributed by atoms with Crippen LogP contribution in [0.25, 0.3) is 0 Å². The first-order valence-electron chi connectivity index (χ1n) is 6.83. The molecule has 100 valence electrons. The van der Waals surface area contributed by atoms with Gasteiger partial charge in [0.1, 0.15) is 11.6 Å². The Labute approximate surface area is 108 Å². The second-order valence-corrected chi connectivity index (χ2v) is 5.35. The number of hydrogen-bond donors (Lipinski definition) is 1. The fourth-order valence-corrected chi connectivity index (χ4v) is 2.79. The summed E-state index contributed by atoms with van der Waals surface area (Å²) in [5, 5.41) is 3.39. The van der Waals surface area contributed by atoms with E-state index in [-0.39, 0.29) is 0 Å². The lowest BCUT2D eigenvalue weighted by Gasteiger charge is -2.28. The van der Waals surface area contributed by atoms with Gasteiger partial charge in [0.05, 0.1) is 0 Å². The topological polar surface area (TPSA) is 12.0 Å². The predicted molar refractivity (Wildman–Crippen MR) is 69.2 cm³/mol. The lowest BCUT2D eigenvalue weighted by Crippen LogP contribution is -2.34. The smallest absolute Gasteiger partial charge is 0.126 e. The van der Waals surface area contributed by atoms with E-state index in [1.165, 1.54) is 44.2 Å². The molecule has 18 heavy (non-hydrogen) atoms. The van der Waals surface area contributed by atoms with Gasteiger partial charge in [0.15, 0.2) is 0 Å². The molecule has 0 aromatic heterocycles. The second kappa shape index (κ2) is 6.28. The third-order valence-corrected chi connectivity index (χ3v) is 3.91. The largest absolute Gasteiger partial charge is 0.310 e. The maximum atomic E-state index is 13.0. The van der Waals surface area contributed by atoms with Crippen LogP contribution in [-0.2, 0) is 6.54 Å². The quantitative estimate of drug-likeness (QED) is 0.854. The molecule has 1 nitrogen and oxygen atoms in total. The van der Waals surface area contributed by atoms with Gasteiger partial charge in [0.2, 0.25) is 0 Å². The van der Waals surface area contributed by atoms with Crippen molar-refractivity contribution in [1.29, 1.82) is 0 Å². The second-order valence-electron chi connectivity index (χ2n) is 5.35. The van der Waals surface area contributed by atoms with E-state index in [0.29, 0.717) is 24.1 Å². The monoisotopic (exact) mass is 253 g/mol. The van der Waals surface area contributed by atoms with E-state index in [0.717, 1.165) is 6.07 Å². The van der Waals surface area contributed by atoms with E-state index in [1.54, 1.807) is 0 Å². The van der Waals surface area contributed by atoms with Crippen LogP contribution in [-0.4, -0.2) is 6.04 Å². The minimum absolute atomic E-state index is 0.414. The molecular weight excluding hydrogens is 232 g/mol. The third-order valence-electron chi connectivity index (χ3n) is 3.91. The molecule has 1 N–H and O–H groups in total. The van der Waals surface area contributed by atoms with E-state index in [2.05, 4.69) is 12.2 Å².